The summed E-state index contributed by atoms with van der Waals surface area (Å²) in [4.78, 5) is 42.8. The van der Waals surface area contributed by atoms with E-state index in [-0.39, 0.29) is 18.2 Å². The number of benzene rings is 2. The molecule has 3 aromatic rings. The second-order valence-corrected chi connectivity index (χ2v) is 8.21. The van der Waals surface area contributed by atoms with E-state index in [0.717, 1.165) is 28.1 Å². The Labute approximate surface area is 183 Å². The van der Waals surface area contributed by atoms with E-state index in [1.165, 1.54) is 0 Å². The lowest BCUT2D eigenvalue weighted by Gasteiger charge is -2.29. The fourth-order valence-corrected chi connectivity index (χ4v) is 4.56. The van der Waals surface area contributed by atoms with Crippen LogP contribution >= 0.6 is 11.6 Å². The van der Waals surface area contributed by atoms with Crippen molar-refractivity contribution in [3.05, 3.63) is 64.9 Å². The lowest BCUT2D eigenvalue weighted by molar-refractivity contribution is -0.136. The first-order chi connectivity index (χ1) is 14.9. The fourth-order valence-electron chi connectivity index (χ4n) is 4.33. The molecule has 1 atom stereocenters. The monoisotopic (exact) mass is 434 g/mol. The summed E-state index contributed by atoms with van der Waals surface area (Å²) in [6, 6.07) is 12.6. The molecule has 1 unspecified atom stereocenters. The minimum Gasteiger partial charge on any atom is -0.333 e. The number of rotatable bonds is 3. The maximum atomic E-state index is 12.9. The molecule has 7 nitrogen and oxygen atoms in total. The summed E-state index contributed by atoms with van der Waals surface area (Å²) in [5.74, 6) is -0.901. The van der Waals surface area contributed by atoms with Gasteiger partial charge in [-0.1, -0.05) is 35.9 Å². The second-order valence-electron chi connectivity index (χ2n) is 7.80. The first-order valence-electron chi connectivity index (χ1n) is 9.98. The Bertz CT molecular complexity index is 1250. The van der Waals surface area contributed by atoms with Crippen LogP contribution in [0.25, 0.3) is 22.5 Å². The minimum atomic E-state index is -0.630. The topological polar surface area (TPSA) is 84.3 Å². The Morgan fingerprint density at radius 2 is 1.90 bits per heavy atom. The van der Waals surface area contributed by atoms with Crippen molar-refractivity contribution in [3.63, 3.8) is 0 Å². The molecule has 0 radical (unpaired) electrons. The van der Waals surface area contributed by atoms with Crippen molar-refractivity contribution in [3.8, 4) is 22.5 Å². The third-order valence-electron chi connectivity index (χ3n) is 5.86. The van der Waals surface area contributed by atoms with Gasteiger partial charge in [0.05, 0.1) is 17.7 Å². The molecule has 1 saturated heterocycles. The first kappa shape index (κ1) is 19.5. The average Bonchev–Trinajstić information content (AvgIpc) is 3.28. The smallest absolute Gasteiger partial charge is 0.255 e. The lowest BCUT2D eigenvalue weighted by Crippen LogP contribution is -2.52. The Kier molecular flexibility index (Phi) is 4.63. The van der Waals surface area contributed by atoms with Crippen molar-refractivity contribution < 1.29 is 14.4 Å². The van der Waals surface area contributed by atoms with Crippen LogP contribution in [0.4, 0.5) is 0 Å². The SMILES string of the molecule is Cn1cnc(-c2ccc3c(c2)CN(C2CCC(=O)NC2=O)C3=O)c1-c1ccccc1Cl. The number of amides is 3. The van der Waals surface area contributed by atoms with Gasteiger partial charge in [0.25, 0.3) is 5.91 Å². The molecule has 2 aliphatic heterocycles. The first-order valence-corrected chi connectivity index (χ1v) is 10.4. The van der Waals surface area contributed by atoms with Crippen molar-refractivity contribution in [1.82, 2.24) is 19.8 Å². The third-order valence-corrected chi connectivity index (χ3v) is 6.19. The van der Waals surface area contributed by atoms with Crippen molar-refractivity contribution in [2.45, 2.75) is 25.4 Å². The number of carbonyl (C=O) groups excluding carboxylic acids is 3. The van der Waals surface area contributed by atoms with Crippen LogP contribution in [0.3, 0.4) is 0 Å². The highest BCUT2D eigenvalue weighted by Crippen LogP contribution is 2.37. The van der Waals surface area contributed by atoms with E-state index in [1.807, 2.05) is 48.0 Å². The van der Waals surface area contributed by atoms with E-state index in [1.54, 1.807) is 17.3 Å². The second kappa shape index (κ2) is 7.35. The van der Waals surface area contributed by atoms with Gasteiger partial charge in [0, 0.05) is 41.7 Å². The highest BCUT2D eigenvalue weighted by atomic mass is 35.5. The largest absolute Gasteiger partial charge is 0.333 e. The predicted octanol–water partition coefficient (Wildman–Crippen LogP) is 3.17. The molecule has 156 valence electrons. The quantitative estimate of drug-likeness (QED) is 0.642. The van der Waals surface area contributed by atoms with Crippen LogP contribution in [0.1, 0.15) is 28.8 Å². The molecule has 2 aromatic carbocycles. The number of nitrogens with one attached hydrogen (secondary N) is 1. The maximum Gasteiger partial charge on any atom is 0.255 e. The molecule has 1 aromatic heterocycles. The molecule has 5 rings (SSSR count). The molecule has 1 N–H and O–H groups in total. The van der Waals surface area contributed by atoms with Gasteiger partial charge in [0.2, 0.25) is 11.8 Å². The number of aromatic nitrogens is 2. The van der Waals surface area contributed by atoms with Gasteiger partial charge in [-0.2, -0.15) is 0 Å². The van der Waals surface area contributed by atoms with Gasteiger partial charge >= 0.3 is 0 Å². The molecule has 0 spiro atoms. The minimum absolute atomic E-state index is 0.191. The van der Waals surface area contributed by atoms with Gasteiger partial charge in [-0.05, 0) is 30.2 Å². The van der Waals surface area contributed by atoms with Gasteiger partial charge in [0.1, 0.15) is 6.04 Å². The van der Waals surface area contributed by atoms with Gasteiger partial charge in [-0.25, -0.2) is 4.98 Å². The van der Waals surface area contributed by atoms with Crippen LogP contribution in [0.15, 0.2) is 48.8 Å². The number of aryl methyl sites for hydroxylation is 1. The van der Waals surface area contributed by atoms with Gasteiger partial charge < -0.3 is 9.47 Å². The van der Waals surface area contributed by atoms with Gasteiger partial charge in [0.15, 0.2) is 0 Å². The fraction of sp³-hybridized carbons (Fsp3) is 0.217. The van der Waals surface area contributed by atoms with Crippen LogP contribution in [0.5, 0.6) is 0 Å². The maximum absolute atomic E-state index is 12.9. The highest BCUT2D eigenvalue weighted by Gasteiger charge is 2.39. The molecule has 0 aliphatic carbocycles. The van der Waals surface area contributed by atoms with E-state index >= 15 is 0 Å². The molecule has 1 fully saturated rings. The Morgan fingerprint density at radius 1 is 1.10 bits per heavy atom. The Balaban J connectivity index is 1.51. The molecular formula is C23H19ClN4O3. The zero-order valence-electron chi connectivity index (χ0n) is 16.8. The van der Waals surface area contributed by atoms with E-state index in [2.05, 4.69) is 10.3 Å². The number of imidazole rings is 1. The number of fused-ring (bicyclic) bond motifs is 1. The predicted molar refractivity (Wildman–Crippen MR) is 115 cm³/mol. The Hall–Kier alpha value is -3.45. The van der Waals surface area contributed by atoms with Crippen LogP contribution in [0.2, 0.25) is 5.02 Å². The van der Waals surface area contributed by atoms with E-state index in [4.69, 9.17) is 11.6 Å². The number of carbonyl (C=O) groups is 3. The number of piperidine rings is 1. The summed E-state index contributed by atoms with van der Waals surface area (Å²) in [5, 5.41) is 2.96. The molecule has 3 amide bonds. The summed E-state index contributed by atoms with van der Waals surface area (Å²) in [6.45, 7) is 0.322. The molecule has 31 heavy (non-hydrogen) atoms. The summed E-state index contributed by atoms with van der Waals surface area (Å²) < 4.78 is 1.92. The molecule has 0 saturated carbocycles. The molecule has 0 bridgehead atoms. The average molecular weight is 435 g/mol. The third kappa shape index (κ3) is 3.21. The van der Waals surface area contributed by atoms with Gasteiger partial charge in [-0.15, -0.1) is 0 Å². The van der Waals surface area contributed by atoms with Crippen LogP contribution in [-0.4, -0.2) is 38.2 Å². The van der Waals surface area contributed by atoms with Crippen molar-refractivity contribution in [2.75, 3.05) is 0 Å². The van der Waals surface area contributed by atoms with Crippen LogP contribution in [0, 0.1) is 0 Å². The summed E-state index contributed by atoms with van der Waals surface area (Å²) >= 11 is 6.43. The van der Waals surface area contributed by atoms with Crippen molar-refractivity contribution in [2.24, 2.45) is 7.05 Å². The lowest BCUT2D eigenvalue weighted by atomic mass is 10.0. The zero-order chi connectivity index (χ0) is 21.7. The van der Waals surface area contributed by atoms with E-state index in [0.29, 0.717) is 23.6 Å². The van der Waals surface area contributed by atoms with Crippen LogP contribution < -0.4 is 5.32 Å². The molecule has 8 heteroatoms. The standard InChI is InChI=1S/C23H19ClN4O3/c1-27-12-25-20(21(27)16-4-2-3-5-17(16)24)13-6-7-15-14(10-13)11-28(23(15)31)18-8-9-19(29)26-22(18)30/h2-7,10,12,18H,8-9,11H2,1H3,(H,26,29,30). The van der Waals surface area contributed by atoms with E-state index in [9.17, 15) is 14.4 Å². The summed E-state index contributed by atoms with van der Waals surface area (Å²) in [7, 11) is 1.91. The molecular weight excluding hydrogens is 416 g/mol. The normalized spacial score (nSPS) is 18.3. The van der Waals surface area contributed by atoms with Crippen molar-refractivity contribution in [1.29, 1.82) is 0 Å². The number of hydrogen-bond donors (Lipinski definition) is 1. The summed E-state index contributed by atoms with van der Waals surface area (Å²) in [6.07, 6.45) is 2.31. The number of hydrogen-bond acceptors (Lipinski definition) is 4. The number of imide groups is 1. The van der Waals surface area contributed by atoms with Gasteiger partial charge in [-0.3, -0.25) is 19.7 Å². The number of halogens is 1. The number of nitrogens with zero attached hydrogens (tertiary/aromatic N) is 3. The van der Waals surface area contributed by atoms with E-state index < -0.39 is 11.9 Å². The van der Waals surface area contributed by atoms with Crippen LogP contribution in [-0.2, 0) is 23.2 Å². The Morgan fingerprint density at radius 3 is 2.68 bits per heavy atom. The zero-order valence-corrected chi connectivity index (χ0v) is 17.5. The molecule has 3 heterocycles. The molecule has 2 aliphatic rings. The highest BCUT2D eigenvalue weighted by molar-refractivity contribution is 6.33. The summed E-state index contributed by atoms with van der Waals surface area (Å²) in [5.41, 5.74) is 4.81. The van der Waals surface area contributed by atoms with Crippen molar-refractivity contribution >= 4 is 29.3 Å².